The van der Waals surface area contributed by atoms with Gasteiger partial charge >= 0.3 is 0 Å². The minimum absolute atomic E-state index is 0.199. The summed E-state index contributed by atoms with van der Waals surface area (Å²) in [6, 6.07) is 5.04. The van der Waals surface area contributed by atoms with E-state index >= 15 is 0 Å². The van der Waals surface area contributed by atoms with E-state index < -0.39 is 0 Å². The minimum atomic E-state index is -0.199. The van der Waals surface area contributed by atoms with E-state index in [0.717, 1.165) is 5.56 Å². The molecule has 1 rings (SSSR count). The maximum atomic E-state index is 12.5. The lowest BCUT2D eigenvalue weighted by molar-refractivity contribution is 0.620. The summed E-state index contributed by atoms with van der Waals surface area (Å²) in [5.41, 5.74) is 0.940. The molecule has 0 bridgehead atoms. The normalized spacial score (nSPS) is 8.45. The van der Waals surface area contributed by atoms with Crippen molar-refractivity contribution in [2.24, 2.45) is 0 Å². The monoisotopic (exact) mass is 218 g/mol. The van der Waals surface area contributed by atoms with Crippen molar-refractivity contribution in [2.45, 2.75) is 20.8 Å². The van der Waals surface area contributed by atoms with Gasteiger partial charge in [0.25, 0.3) is 0 Å². The summed E-state index contributed by atoms with van der Waals surface area (Å²) >= 11 is 3.05. The van der Waals surface area contributed by atoms with Gasteiger partial charge in [0.2, 0.25) is 0 Å². The second-order valence-electron chi connectivity index (χ2n) is 1.92. The number of rotatable bonds is 0. The first-order valence-electron chi connectivity index (χ1n) is 3.62. The molecule has 1 aromatic rings. The molecule has 0 fully saturated rings. The van der Waals surface area contributed by atoms with E-state index in [2.05, 4.69) is 15.9 Å². The van der Waals surface area contributed by atoms with Gasteiger partial charge in [-0.15, -0.1) is 0 Å². The minimum Gasteiger partial charge on any atom is -0.206 e. The summed E-state index contributed by atoms with van der Waals surface area (Å²) in [5, 5.41) is 0. The molecule has 0 nitrogen and oxygen atoms in total. The Morgan fingerprint density at radius 2 is 1.82 bits per heavy atom. The lowest BCUT2D eigenvalue weighted by Crippen LogP contribution is -1.77. The zero-order valence-corrected chi connectivity index (χ0v) is 8.57. The quantitative estimate of drug-likeness (QED) is 0.620. The van der Waals surface area contributed by atoms with Crippen LogP contribution in [0.3, 0.4) is 0 Å². The van der Waals surface area contributed by atoms with E-state index in [4.69, 9.17) is 0 Å². The maximum Gasteiger partial charge on any atom is 0.137 e. The Balaban J connectivity index is 0.000000461. The molecule has 0 heterocycles. The highest BCUT2D eigenvalue weighted by atomic mass is 79.9. The average Bonchev–Trinajstić information content (AvgIpc) is 2.02. The van der Waals surface area contributed by atoms with Gasteiger partial charge in [-0.2, -0.15) is 0 Å². The fourth-order valence-electron chi connectivity index (χ4n) is 0.601. The smallest absolute Gasteiger partial charge is 0.137 e. The van der Waals surface area contributed by atoms with Crippen LogP contribution in [0, 0.1) is 12.7 Å². The molecule has 11 heavy (non-hydrogen) atoms. The second kappa shape index (κ2) is 5.30. The van der Waals surface area contributed by atoms with Crippen LogP contribution in [0.4, 0.5) is 4.39 Å². The second-order valence-corrected chi connectivity index (χ2v) is 2.77. The Labute approximate surface area is 75.6 Å². The molecule has 1 aromatic carbocycles. The fourth-order valence-corrected chi connectivity index (χ4v) is 0.848. The Hall–Kier alpha value is -0.370. The van der Waals surface area contributed by atoms with Crippen molar-refractivity contribution in [3.05, 3.63) is 34.1 Å². The number of benzene rings is 1. The predicted molar refractivity (Wildman–Crippen MR) is 50.2 cm³/mol. The van der Waals surface area contributed by atoms with Crippen molar-refractivity contribution in [2.75, 3.05) is 0 Å². The lowest BCUT2D eigenvalue weighted by Gasteiger charge is -1.93. The molecule has 0 amide bonds. The van der Waals surface area contributed by atoms with Gasteiger partial charge in [-0.05, 0) is 40.5 Å². The number of hydrogen-bond acceptors (Lipinski definition) is 0. The van der Waals surface area contributed by atoms with E-state index in [1.165, 1.54) is 6.07 Å². The van der Waals surface area contributed by atoms with Crippen LogP contribution in [0.2, 0.25) is 0 Å². The van der Waals surface area contributed by atoms with Crippen LogP contribution in [0.15, 0.2) is 22.7 Å². The molecule has 0 atom stereocenters. The largest absolute Gasteiger partial charge is 0.206 e. The lowest BCUT2D eigenvalue weighted by atomic mass is 10.2. The van der Waals surface area contributed by atoms with Gasteiger partial charge in [0.1, 0.15) is 5.82 Å². The third-order valence-electron chi connectivity index (χ3n) is 1.08. The van der Waals surface area contributed by atoms with Crippen LogP contribution in [-0.2, 0) is 0 Å². The van der Waals surface area contributed by atoms with Crippen LogP contribution in [0.25, 0.3) is 0 Å². The summed E-state index contributed by atoms with van der Waals surface area (Å²) in [7, 11) is 0. The number of halogens is 2. The molecule has 0 radical (unpaired) electrons. The SMILES string of the molecule is CC.Cc1ccc(Br)c(F)c1. The zero-order chi connectivity index (χ0) is 8.85. The third-order valence-corrected chi connectivity index (χ3v) is 1.72. The van der Waals surface area contributed by atoms with Gasteiger partial charge in [0.05, 0.1) is 4.47 Å². The van der Waals surface area contributed by atoms with Crippen molar-refractivity contribution in [1.82, 2.24) is 0 Å². The molecule has 0 unspecified atom stereocenters. The summed E-state index contributed by atoms with van der Waals surface area (Å²) < 4.78 is 13.1. The first-order valence-corrected chi connectivity index (χ1v) is 4.41. The van der Waals surface area contributed by atoms with Crippen molar-refractivity contribution in [3.63, 3.8) is 0 Å². The Bertz CT molecular complexity index is 221. The van der Waals surface area contributed by atoms with Crippen LogP contribution in [-0.4, -0.2) is 0 Å². The van der Waals surface area contributed by atoms with Crippen LogP contribution >= 0.6 is 15.9 Å². The first-order chi connectivity index (χ1) is 5.20. The highest BCUT2D eigenvalue weighted by molar-refractivity contribution is 9.10. The van der Waals surface area contributed by atoms with Crippen molar-refractivity contribution >= 4 is 15.9 Å². The van der Waals surface area contributed by atoms with E-state index in [1.807, 2.05) is 26.8 Å². The molecule has 0 spiro atoms. The molecular formula is C9H12BrF. The molecule has 0 N–H and O–H groups in total. The summed E-state index contributed by atoms with van der Waals surface area (Å²) in [6.45, 7) is 5.86. The van der Waals surface area contributed by atoms with Crippen molar-refractivity contribution in [1.29, 1.82) is 0 Å². The molecule has 2 heteroatoms. The van der Waals surface area contributed by atoms with Crippen molar-refractivity contribution in [3.8, 4) is 0 Å². The highest BCUT2D eigenvalue weighted by Crippen LogP contribution is 2.15. The van der Waals surface area contributed by atoms with E-state index in [9.17, 15) is 4.39 Å². The standard InChI is InChI=1S/C7H6BrF.C2H6/c1-5-2-3-6(8)7(9)4-5;1-2/h2-4H,1H3;1-2H3. The van der Waals surface area contributed by atoms with E-state index in [-0.39, 0.29) is 5.82 Å². The zero-order valence-electron chi connectivity index (χ0n) is 6.99. The predicted octanol–water partition coefficient (Wildman–Crippen LogP) is 3.92. The average molecular weight is 219 g/mol. The van der Waals surface area contributed by atoms with Gasteiger partial charge in [0.15, 0.2) is 0 Å². The Morgan fingerprint density at radius 1 is 1.27 bits per heavy atom. The van der Waals surface area contributed by atoms with E-state index in [0.29, 0.717) is 4.47 Å². The third kappa shape index (κ3) is 3.51. The van der Waals surface area contributed by atoms with Crippen molar-refractivity contribution < 1.29 is 4.39 Å². The van der Waals surface area contributed by atoms with Crippen LogP contribution in [0.5, 0.6) is 0 Å². The molecule has 0 aliphatic rings. The molecule has 62 valence electrons. The molecule has 0 saturated carbocycles. The molecule has 0 aliphatic heterocycles. The Morgan fingerprint density at radius 3 is 2.18 bits per heavy atom. The Kier molecular flexibility index (Phi) is 5.12. The summed E-state index contributed by atoms with van der Waals surface area (Å²) in [4.78, 5) is 0. The van der Waals surface area contributed by atoms with E-state index in [1.54, 1.807) is 6.07 Å². The maximum absolute atomic E-state index is 12.5. The van der Waals surface area contributed by atoms with Gasteiger partial charge in [-0.3, -0.25) is 0 Å². The van der Waals surface area contributed by atoms with Gasteiger partial charge < -0.3 is 0 Å². The van der Waals surface area contributed by atoms with Gasteiger partial charge in [0, 0.05) is 0 Å². The summed E-state index contributed by atoms with van der Waals surface area (Å²) in [6.07, 6.45) is 0. The highest BCUT2D eigenvalue weighted by Gasteiger charge is 1.95. The van der Waals surface area contributed by atoms with Gasteiger partial charge in [-0.25, -0.2) is 4.39 Å². The van der Waals surface area contributed by atoms with Gasteiger partial charge in [-0.1, -0.05) is 19.9 Å². The molecule has 0 aliphatic carbocycles. The molecule has 0 aromatic heterocycles. The van der Waals surface area contributed by atoms with Crippen LogP contribution < -0.4 is 0 Å². The number of hydrogen-bond donors (Lipinski definition) is 0. The molecule has 0 saturated heterocycles. The first kappa shape index (κ1) is 10.6. The topological polar surface area (TPSA) is 0 Å². The fraction of sp³-hybridized carbons (Fsp3) is 0.333. The summed E-state index contributed by atoms with van der Waals surface area (Å²) in [5.74, 6) is -0.199. The number of aryl methyl sites for hydroxylation is 1. The molecular weight excluding hydrogens is 207 g/mol. The van der Waals surface area contributed by atoms with Crippen LogP contribution in [0.1, 0.15) is 19.4 Å².